The molecule has 6 nitrogen and oxygen atoms in total. The molecule has 0 fully saturated rings. The maximum Gasteiger partial charge on any atom is 0.260 e. The first-order valence-corrected chi connectivity index (χ1v) is 9.05. The second-order valence-corrected chi connectivity index (χ2v) is 6.71. The van der Waals surface area contributed by atoms with E-state index in [1.165, 1.54) is 10.9 Å². The Balaban J connectivity index is 1.34. The third-order valence-electron chi connectivity index (χ3n) is 5.01. The van der Waals surface area contributed by atoms with Crippen molar-refractivity contribution >= 4 is 22.7 Å². The minimum Gasteiger partial charge on any atom is -0.361 e. The second kappa shape index (κ2) is 7.59. The maximum absolute atomic E-state index is 12.4. The number of aromatic amines is 1. The zero-order valence-electron chi connectivity index (χ0n) is 15.0. The molecule has 1 aliphatic rings. The lowest BCUT2D eigenvalue weighted by Crippen LogP contribution is -2.34. The molecule has 4 N–H and O–H groups in total. The molecule has 0 saturated carbocycles. The zero-order chi connectivity index (χ0) is 19.5. The fraction of sp³-hybridized carbons (Fsp3) is 0.182. The fourth-order valence-corrected chi connectivity index (χ4v) is 3.41. The second-order valence-electron chi connectivity index (χ2n) is 6.71. The number of H-pyrrole nitrogens is 1. The summed E-state index contributed by atoms with van der Waals surface area (Å²) in [4.78, 5) is 27.1. The topological polar surface area (TPSA) is 94.2 Å². The molecular weight excluding hydrogens is 354 g/mol. The van der Waals surface area contributed by atoms with Gasteiger partial charge in [0.15, 0.2) is 0 Å². The van der Waals surface area contributed by atoms with Gasteiger partial charge in [-0.05, 0) is 35.7 Å². The molecule has 3 aromatic rings. The van der Waals surface area contributed by atoms with Gasteiger partial charge in [-0.15, -0.1) is 0 Å². The number of amides is 2. The summed E-state index contributed by atoms with van der Waals surface area (Å²) in [5.41, 5.74) is 5.30. The van der Waals surface area contributed by atoms with E-state index < -0.39 is 11.8 Å². The van der Waals surface area contributed by atoms with Crippen molar-refractivity contribution in [3.8, 4) is 11.8 Å². The van der Waals surface area contributed by atoms with Gasteiger partial charge in [0, 0.05) is 29.2 Å². The molecule has 2 atom stereocenters. The normalized spacial score (nSPS) is 17.3. The molecule has 0 bridgehead atoms. The highest BCUT2D eigenvalue weighted by atomic mass is 16.5. The van der Waals surface area contributed by atoms with Gasteiger partial charge in [0.2, 0.25) is 0 Å². The maximum atomic E-state index is 12.4. The van der Waals surface area contributed by atoms with Gasteiger partial charge in [-0.2, -0.15) is 0 Å². The summed E-state index contributed by atoms with van der Waals surface area (Å²) in [6.07, 6.45) is 2.72. The van der Waals surface area contributed by atoms with Gasteiger partial charge in [0.05, 0.1) is 5.92 Å². The molecule has 0 saturated heterocycles. The van der Waals surface area contributed by atoms with Crippen molar-refractivity contribution in [2.24, 2.45) is 5.92 Å². The predicted molar refractivity (Wildman–Crippen MR) is 105 cm³/mol. The van der Waals surface area contributed by atoms with Crippen molar-refractivity contribution in [2.75, 3.05) is 6.54 Å². The third kappa shape index (κ3) is 3.36. The third-order valence-corrected chi connectivity index (χ3v) is 5.01. The summed E-state index contributed by atoms with van der Waals surface area (Å²) in [5, 5.41) is 12.8. The van der Waals surface area contributed by atoms with Crippen LogP contribution in [-0.4, -0.2) is 28.6 Å². The first-order valence-electron chi connectivity index (χ1n) is 9.05. The van der Waals surface area contributed by atoms with Gasteiger partial charge in [0.1, 0.15) is 5.92 Å². The van der Waals surface area contributed by atoms with Crippen LogP contribution in [0.1, 0.15) is 27.4 Å². The van der Waals surface area contributed by atoms with E-state index in [0.717, 1.165) is 17.5 Å². The predicted octanol–water partition coefficient (Wildman–Crippen LogP) is 2.36. The quantitative estimate of drug-likeness (QED) is 0.304. The highest BCUT2D eigenvalue weighted by Gasteiger charge is 2.32. The van der Waals surface area contributed by atoms with Crippen LogP contribution in [0.2, 0.25) is 0 Å². The van der Waals surface area contributed by atoms with E-state index in [9.17, 15) is 9.59 Å². The van der Waals surface area contributed by atoms with Gasteiger partial charge in [0.25, 0.3) is 11.8 Å². The molecule has 6 heteroatoms. The van der Waals surface area contributed by atoms with Crippen LogP contribution in [0, 0.1) is 17.8 Å². The molecule has 1 aliphatic carbocycles. The highest BCUT2D eigenvalue weighted by molar-refractivity contribution is 5.94. The average Bonchev–Trinajstić information content (AvgIpc) is 3.11. The van der Waals surface area contributed by atoms with Crippen LogP contribution in [0.5, 0.6) is 0 Å². The standard InChI is InChI=1S/C22H19N3O3/c26-21(23-12-11-16-13-24-20-4-2-1-3-18(16)20)15-7-5-14(6-8-15)17-9-10-19(17)22(27)25-28/h1-8,13,17,19,24,28H,11-12H2,(H,23,26)(H,25,27). The van der Waals surface area contributed by atoms with E-state index in [1.54, 1.807) is 29.7 Å². The molecule has 2 unspecified atom stereocenters. The molecule has 4 rings (SSSR count). The molecule has 0 radical (unpaired) electrons. The summed E-state index contributed by atoms with van der Waals surface area (Å²) >= 11 is 0. The zero-order valence-corrected chi connectivity index (χ0v) is 15.0. The van der Waals surface area contributed by atoms with E-state index in [4.69, 9.17) is 5.21 Å². The van der Waals surface area contributed by atoms with Crippen LogP contribution in [-0.2, 0) is 11.2 Å². The smallest absolute Gasteiger partial charge is 0.260 e. The molecule has 1 aromatic heterocycles. The van der Waals surface area contributed by atoms with Gasteiger partial charge >= 0.3 is 0 Å². The number of hydrogen-bond acceptors (Lipinski definition) is 3. The number of para-hydroxylation sites is 1. The van der Waals surface area contributed by atoms with Crippen molar-refractivity contribution in [3.05, 3.63) is 71.4 Å². The first-order chi connectivity index (χ1) is 13.7. The Labute approximate surface area is 161 Å². The number of benzene rings is 2. The molecule has 0 spiro atoms. The minimum atomic E-state index is -0.555. The van der Waals surface area contributed by atoms with Crippen LogP contribution in [0.4, 0.5) is 0 Å². The van der Waals surface area contributed by atoms with E-state index in [2.05, 4.69) is 28.2 Å². The monoisotopic (exact) mass is 373 g/mol. The fourth-order valence-electron chi connectivity index (χ4n) is 3.41. The van der Waals surface area contributed by atoms with Crippen LogP contribution < -0.4 is 10.8 Å². The van der Waals surface area contributed by atoms with Crippen LogP contribution in [0.25, 0.3) is 10.9 Å². The molecule has 1 heterocycles. The summed E-state index contributed by atoms with van der Waals surface area (Å²) in [6.45, 7) is 0.537. The number of hydrogen-bond donors (Lipinski definition) is 4. The summed E-state index contributed by atoms with van der Waals surface area (Å²) in [7, 11) is 0. The largest absolute Gasteiger partial charge is 0.361 e. The summed E-state index contributed by atoms with van der Waals surface area (Å²) in [6, 6.07) is 15.1. The number of rotatable bonds is 6. The lowest BCUT2D eigenvalue weighted by atomic mass is 9.79. The number of carbonyl (C=O) groups is 2. The lowest BCUT2D eigenvalue weighted by molar-refractivity contribution is -0.132. The lowest BCUT2D eigenvalue weighted by Gasteiger charge is -2.23. The molecule has 28 heavy (non-hydrogen) atoms. The number of carbonyl (C=O) groups excluding carboxylic acids is 2. The average molecular weight is 373 g/mol. The van der Waals surface area contributed by atoms with Gasteiger partial charge in [-0.25, -0.2) is 5.48 Å². The highest BCUT2D eigenvalue weighted by Crippen LogP contribution is 2.30. The van der Waals surface area contributed by atoms with E-state index in [1.807, 2.05) is 24.4 Å². The molecule has 140 valence electrons. The Morgan fingerprint density at radius 3 is 2.57 bits per heavy atom. The van der Waals surface area contributed by atoms with Crippen LogP contribution in [0.3, 0.4) is 0 Å². The van der Waals surface area contributed by atoms with Crippen molar-refractivity contribution in [1.29, 1.82) is 0 Å². The Hall–Kier alpha value is -3.56. The number of hydroxylamine groups is 1. The first kappa shape index (κ1) is 17.8. The van der Waals surface area contributed by atoms with E-state index in [0.29, 0.717) is 12.1 Å². The Morgan fingerprint density at radius 2 is 1.86 bits per heavy atom. The van der Waals surface area contributed by atoms with Crippen molar-refractivity contribution in [2.45, 2.75) is 12.3 Å². The van der Waals surface area contributed by atoms with E-state index >= 15 is 0 Å². The number of fused-ring (bicyclic) bond motifs is 1. The minimum absolute atomic E-state index is 0.143. The van der Waals surface area contributed by atoms with Gasteiger partial charge in [-0.1, -0.05) is 42.2 Å². The van der Waals surface area contributed by atoms with Crippen molar-refractivity contribution in [1.82, 2.24) is 15.8 Å². The number of nitrogens with one attached hydrogen (secondary N) is 3. The summed E-state index contributed by atoms with van der Waals surface area (Å²) in [5.74, 6) is 4.18. The molecule has 2 amide bonds. The van der Waals surface area contributed by atoms with Crippen molar-refractivity contribution < 1.29 is 14.8 Å². The Kier molecular flexibility index (Phi) is 4.83. The van der Waals surface area contributed by atoms with E-state index in [-0.39, 0.29) is 11.8 Å². The molecule has 2 aromatic carbocycles. The summed E-state index contributed by atoms with van der Waals surface area (Å²) < 4.78 is 0. The van der Waals surface area contributed by atoms with Gasteiger partial charge in [-0.3, -0.25) is 14.8 Å². The molecular formula is C22H19N3O3. The van der Waals surface area contributed by atoms with Crippen molar-refractivity contribution in [3.63, 3.8) is 0 Å². The SMILES string of the molecule is O=C(NCCc1c[nH]c2ccccc12)c1ccc(C2C#CC2C(=O)NO)cc1. The van der Waals surface area contributed by atoms with Gasteiger partial charge < -0.3 is 10.3 Å². The van der Waals surface area contributed by atoms with Crippen LogP contribution in [0.15, 0.2) is 54.7 Å². The Morgan fingerprint density at radius 1 is 1.07 bits per heavy atom. The van der Waals surface area contributed by atoms with Crippen LogP contribution >= 0.6 is 0 Å². The Bertz CT molecular complexity index is 1090. The number of aromatic nitrogens is 1. The molecule has 0 aliphatic heterocycles.